The lowest BCUT2D eigenvalue weighted by molar-refractivity contribution is 0.102. The van der Waals surface area contributed by atoms with Crippen LogP contribution >= 0.6 is 0 Å². The smallest absolute Gasteiger partial charge is 0.265 e. The number of pyridine rings is 2. The Kier molecular flexibility index (Phi) is 5.26. The summed E-state index contributed by atoms with van der Waals surface area (Å²) in [6, 6.07) is 18.0. The fourth-order valence-corrected chi connectivity index (χ4v) is 3.21. The topological polar surface area (TPSA) is 73.2 Å². The first-order chi connectivity index (χ1) is 14.6. The molecule has 2 aromatic carbocycles. The lowest BCUT2D eigenvalue weighted by Crippen LogP contribution is -2.30. The molecule has 0 saturated carbocycles. The highest BCUT2D eigenvalue weighted by Crippen LogP contribution is 2.19. The molecule has 0 fully saturated rings. The Morgan fingerprint density at radius 3 is 2.73 bits per heavy atom. The van der Waals surface area contributed by atoms with Gasteiger partial charge < -0.3 is 10.1 Å². The van der Waals surface area contributed by atoms with Crippen LogP contribution in [0.4, 0.5) is 10.1 Å². The first-order valence-electron chi connectivity index (χ1n) is 9.24. The molecule has 0 radical (unpaired) electrons. The molecule has 0 aliphatic carbocycles. The van der Waals surface area contributed by atoms with Crippen LogP contribution in [0.25, 0.3) is 11.0 Å². The third-order valence-corrected chi connectivity index (χ3v) is 4.71. The normalized spacial score (nSPS) is 10.7. The summed E-state index contributed by atoms with van der Waals surface area (Å²) in [6.45, 7) is -0.0424. The predicted octanol–water partition coefficient (Wildman–Crippen LogP) is 3.84. The number of methoxy groups -OCH3 is 1. The van der Waals surface area contributed by atoms with Crippen LogP contribution in [0.2, 0.25) is 0 Å². The van der Waals surface area contributed by atoms with Gasteiger partial charge in [-0.05, 0) is 36.4 Å². The molecule has 1 amide bonds. The van der Waals surface area contributed by atoms with Crippen molar-refractivity contribution in [3.63, 3.8) is 0 Å². The summed E-state index contributed by atoms with van der Waals surface area (Å²) in [7, 11) is 1.53. The third kappa shape index (κ3) is 3.77. The van der Waals surface area contributed by atoms with E-state index >= 15 is 0 Å². The van der Waals surface area contributed by atoms with Gasteiger partial charge in [0.15, 0.2) is 0 Å². The van der Waals surface area contributed by atoms with Crippen LogP contribution < -0.4 is 15.6 Å². The average molecular weight is 403 g/mol. The summed E-state index contributed by atoms with van der Waals surface area (Å²) in [5.41, 5.74) is 0.589. The van der Waals surface area contributed by atoms with E-state index < -0.39 is 17.3 Å². The van der Waals surface area contributed by atoms with Crippen molar-refractivity contribution in [3.05, 3.63) is 100 Å². The van der Waals surface area contributed by atoms with E-state index in [0.29, 0.717) is 28.0 Å². The Bertz CT molecular complexity index is 1300. The maximum atomic E-state index is 14.2. The quantitative estimate of drug-likeness (QED) is 0.549. The van der Waals surface area contributed by atoms with E-state index in [2.05, 4.69) is 10.3 Å². The Hall–Kier alpha value is -4.00. The number of rotatable bonds is 5. The number of benzene rings is 2. The molecule has 0 unspecified atom stereocenters. The number of ether oxygens (including phenoxy) is 1. The second kappa shape index (κ2) is 8.16. The summed E-state index contributed by atoms with van der Waals surface area (Å²) >= 11 is 0. The molecule has 0 bridgehead atoms. The molecule has 0 spiro atoms. The van der Waals surface area contributed by atoms with E-state index in [1.165, 1.54) is 23.8 Å². The Labute approximate surface area is 171 Å². The summed E-state index contributed by atoms with van der Waals surface area (Å²) in [5.74, 6) is -0.423. The minimum absolute atomic E-state index is 0.0424. The number of nitrogens with zero attached hydrogens (tertiary/aromatic N) is 2. The van der Waals surface area contributed by atoms with Gasteiger partial charge in [0.25, 0.3) is 11.5 Å². The Morgan fingerprint density at radius 2 is 1.93 bits per heavy atom. The van der Waals surface area contributed by atoms with Gasteiger partial charge >= 0.3 is 0 Å². The molecule has 7 heteroatoms. The van der Waals surface area contributed by atoms with E-state index in [4.69, 9.17) is 4.74 Å². The fourth-order valence-electron chi connectivity index (χ4n) is 3.21. The van der Waals surface area contributed by atoms with Gasteiger partial charge in [0.05, 0.1) is 13.7 Å². The fraction of sp³-hybridized carbons (Fsp3) is 0.0870. The highest BCUT2D eigenvalue weighted by molar-refractivity contribution is 6.05. The standard InChI is InChI=1S/C23H18FN3O3/c1-30-18-9-4-8-17(13-18)26-22(28)19-12-15-7-5-11-25-21(15)27(23(19)29)14-16-6-2-3-10-20(16)24/h2-13H,14H2,1H3,(H,26,28). The zero-order valence-corrected chi connectivity index (χ0v) is 16.1. The molecule has 30 heavy (non-hydrogen) atoms. The van der Waals surface area contributed by atoms with Gasteiger partial charge in [-0.15, -0.1) is 0 Å². The van der Waals surface area contributed by atoms with Gasteiger partial charge in [0.1, 0.15) is 22.8 Å². The molecule has 2 heterocycles. The van der Waals surface area contributed by atoms with Gasteiger partial charge in [0.2, 0.25) is 0 Å². The Balaban J connectivity index is 1.79. The average Bonchev–Trinajstić information content (AvgIpc) is 2.76. The lowest BCUT2D eigenvalue weighted by atomic mass is 10.1. The number of amides is 1. The van der Waals surface area contributed by atoms with Crippen LogP contribution in [-0.4, -0.2) is 22.6 Å². The van der Waals surface area contributed by atoms with Gasteiger partial charge in [-0.2, -0.15) is 0 Å². The van der Waals surface area contributed by atoms with E-state index in [0.717, 1.165) is 0 Å². The minimum Gasteiger partial charge on any atom is -0.497 e. The van der Waals surface area contributed by atoms with Crippen molar-refractivity contribution >= 4 is 22.6 Å². The molecule has 0 atom stereocenters. The summed E-state index contributed by atoms with van der Waals surface area (Å²) in [4.78, 5) is 30.3. The van der Waals surface area contributed by atoms with Crippen molar-refractivity contribution in [2.75, 3.05) is 12.4 Å². The van der Waals surface area contributed by atoms with Crippen molar-refractivity contribution in [2.24, 2.45) is 0 Å². The number of carbonyl (C=O) groups excluding carboxylic acids is 1. The van der Waals surface area contributed by atoms with E-state index in [-0.39, 0.29) is 12.1 Å². The van der Waals surface area contributed by atoms with E-state index in [1.54, 1.807) is 60.8 Å². The van der Waals surface area contributed by atoms with Crippen LogP contribution in [-0.2, 0) is 6.54 Å². The van der Waals surface area contributed by atoms with Crippen molar-refractivity contribution < 1.29 is 13.9 Å². The van der Waals surface area contributed by atoms with Crippen molar-refractivity contribution in [1.82, 2.24) is 9.55 Å². The molecule has 2 aromatic heterocycles. The molecule has 0 aliphatic heterocycles. The summed E-state index contributed by atoms with van der Waals surface area (Å²) in [6.07, 6.45) is 1.55. The molecule has 4 aromatic rings. The number of aromatic nitrogens is 2. The summed E-state index contributed by atoms with van der Waals surface area (Å²) < 4.78 is 20.7. The van der Waals surface area contributed by atoms with E-state index in [9.17, 15) is 14.0 Å². The number of carbonyl (C=O) groups is 1. The molecular weight excluding hydrogens is 385 g/mol. The zero-order chi connectivity index (χ0) is 21.1. The molecule has 4 rings (SSSR count). The van der Waals surface area contributed by atoms with Crippen LogP contribution in [0.3, 0.4) is 0 Å². The zero-order valence-electron chi connectivity index (χ0n) is 16.1. The van der Waals surface area contributed by atoms with E-state index in [1.807, 2.05) is 0 Å². The van der Waals surface area contributed by atoms with Crippen molar-refractivity contribution in [2.45, 2.75) is 6.54 Å². The number of halogens is 1. The minimum atomic E-state index is -0.568. The number of fused-ring (bicyclic) bond motifs is 1. The Morgan fingerprint density at radius 1 is 1.10 bits per heavy atom. The number of hydrogen-bond donors (Lipinski definition) is 1. The van der Waals surface area contributed by atoms with Crippen molar-refractivity contribution in [1.29, 1.82) is 0 Å². The SMILES string of the molecule is COc1cccc(NC(=O)c2cc3cccnc3n(Cc3ccccc3F)c2=O)c1. The maximum absolute atomic E-state index is 14.2. The first-order valence-corrected chi connectivity index (χ1v) is 9.24. The largest absolute Gasteiger partial charge is 0.497 e. The highest BCUT2D eigenvalue weighted by atomic mass is 19.1. The van der Waals surface area contributed by atoms with Gasteiger partial charge in [-0.3, -0.25) is 14.2 Å². The number of anilines is 1. The second-order valence-electron chi connectivity index (χ2n) is 6.64. The van der Waals surface area contributed by atoms with Crippen LogP contribution in [0.15, 0.2) is 77.7 Å². The lowest BCUT2D eigenvalue weighted by Gasteiger charge is -2.13. The van der Waals surface area contributed by atoms with Gasteiger partial charge in [-0.25, -0.2) is 9.37 Å². The van der Waals surface area contributed by atoms with Gasteiger partial charge in [-0.1, -0.05) is 24.3 Å². The molecule has 6 nitrogen and oxygen atoms in total. The maximum Gasteiger partial charge on any atom is 0.265 e. The number of nitrogens with one attached hydrogen (secondary N) is 1. The molecule has 0 saturated heterocycles. The number of hydrogen-bond acceptors (Lipinski definition) is 4. The summed E-state index contributed by atoms with van der Waals surface area (Å²) in [5, 5.41) is 3.32. The predicted molar refractivity (Wildman–Crippen MR) is 112 cm³/mol. The van der Waals surface area contributed by atoms with Crippen LogP contribution in [0, 0.1) is 5.82 Å². The van der Waals surface area contributed by atoms with Gasteiger partial charge in [0, 0.05) is 28.9 Å². The van der Waals surface area contributed by atoms with Crippen LogP contribution in [0.1, 0.15) is 15.9 Å². The van der Waals surface area contributed by atoms with Crippen molar-refractivity contribution in [3.8, 4) is 5.75 Å². The molecule has 0 aliphatic rings. The third-order valence-electron chi connectivity index (χ3n) is 4.71. The monoisotopic (exact) mass is 403 g/mol. The molecule has 150 valence electrons. The molecular formula is C23H18FN3O3. The van der Waals surface area contributed by atoms with Crippen LogP contribution in [0.5, 0.6) is 5.75 Å². The second-order valence-corrected chi connectivity index (χ2v) is 6.64. The molecule has 1 N–H and O–H groups in total. The first kappa shape index (κ1) is 19.3. The highest BCUT2D eigenvalue weighted by Gasteiger charge is 2.18.